The molecular weight excluding hydrogens is 182 g/mol. The molecule has 0 rings (SSSR count). The van der Waals surface area contributed by atoms with Gasteiger partial charge in [0.2, 0.25) is 0 Å². The van der Waals surface area contributed by atoms with Crippen molar-refractivity contribution in [2.45, 2.75) is 67.2 Å². The number of rotatable bonds is 5. The standard InChI is InChI=1S/C14H31N/c1-13(2,3)9-7-12(11-15)8-10-14(4,5)6/h12H,7-11,15H2,1-6H3. The molecule has 0 atom stereocenters. The average Bonchev–Trinajstić information content (AvgIpc) is 2.00. The van der Waals surface area contributed by atoms with Crippen LogP contribution in [0.2, 0.25) is 0 Å². The molecule has 92 valence electrons. The fourth-order valence-electron chi connectivity index (χ4n) is 1.65. The van der Waals surface area contributed by atoms with Crippen LogP contribution in [0.4, 0.5) is 0 Å². The maximum absolute atomic E-state index is 5.83. The third-order valence-electron chi connectivity index (χ3n) is 2.94. The summed E-state index contributed by atoms with van der Waals surface area (Å²) in [6.07, 6.45) is 5.16. The monoisotopic (exact) mass is 213 g/mol. The molecule has 2 N–H and O–H groups in total. The van der Waals surface area contributed by atoms with Gasteiger partial charge in [0.15, 0.2) is 0 Å². The van der Waals surface area contributed by atoms with Gasteiger partial charge in [0.05, 0.1) is 0 Å². The summed E-state index contributed by atoms with van der Waals surface area (Å²) in [5.74, 6) is 0.725. The van der Waals surface area contributed by atoms with Crippen molar-refractivity contribution in [3.05, 3.63) is 0 Å². The largest absolute Gasteiger partial charge is 0.330 e. The second-order valence-corrected chi connectivity index (χ2v) is 7.30. The second kappa shape index (κ2) is 5.89. The molecule has 0 spiro atoms. The molecule has 0 aliphatic carbocycles. The van der Waals surface area contributed by atoms with Crippen molar-refractivity contribution in [2.75, 3.05) is 6.54 Å². The lowest BCUT2D eigenvalue weighted by Gasteiger charge is -2.25. The van der Waals surface area contributed by atoms with Crippen LogP contribution in [-0.4, -0.2) is 6.54 Å². The highest BCUT2D eigenvalue weighted by atomic mass is 14.5. The molecule has 0 radical (unpaired) electrons. The Morgan fingerprint density at radius 3 is 1.33 bits per heavy atom. The van der Waals surface area contributed by atoms with E-state index in [0.29, 0.717) is 10.8 Å². The number of nitrogens with two attached hydrogens (primary N) is 1. The van der Waals surface area contributed by atoms with E-state index in [1.807, 2.05) is 0 Å². The van der Waals surface area contributed by atoms with E-state index in [4.69, 9.17) is 5.73 Å². The van der Waals surface area contributed by atoms with Crippen molar-refractivity contribution in [1.29, 1.82) is 0 Å². The molecule has 0 saturated carbocycles. The Morgan fingerprint density at radius 1 is 0.800 bits per heavy atom. The molecule has 0 aliphatic rings. The summed E-state index contributed by atoms with van der Waals surface area (Å²) in [4.78, 5) is 0. The van der Waals surface area contributed by atoms with E-state index >= 15 is 0 Å². The lowest BCUT2D eigenvalue weighted by Crippen LogP contribution is -2.19. The molecule has 0 saturated heterocycles. The molecule has 0 aliphatic heterocycles. The molecule has 15 heavy (non-hydrogen) atoms. The van der Waals surface area contributed by atoms with Crippen LogP contribution in [0.25, 0.3) is 0 Å². The van der Waals surface area contributed by atoms with Gasteiger partial charge in [0.1, 0.15) is 0 Å². The summed E-state index contributed by atoms with van der Waals surface area (Å²) in [5, 5.41) is 0. The summed E-state index contributed by atoms with van der Waals surface area (Å²) >= 11 is 0. The average molecular weight is 213 g/mol. The maximum Gasteiger partial charge on any atom is -0.00489 e. The van der Waals surface area contributed by atoms with Gasteiger partial charge in [-0.25, -0.2) is 0 Å². The maximum atomic E-state index is 5.83. The number of hydrogen-bond donors (Lipinski definition) is 1. The van der Waals surface area contributed by atoms with Crippen LogP contribution in [0, 0.1) is 16.7 Å². The zero-order chi connectivity index (χ0) is 12.1. The zero-order valence-corrected chi connectivity index (χ0v) is 11.7. The molecule has 0 unspecified atom stereocenters. The fraction of sp³-hybridized carbons (Fsp3) is 1.00. The predicted molar refractivity (Wildman–Crippen MR) is 69.9 cm³/mol. The first kappa shape index (κ1) is 15.0. The summed E-state index contributed by atoms with van der Waals surface area (Å²) in [7, 11) is 0. The molecule has 0 heterocycles. The summed E-state index contributed by atoms with van der Waals surface area (Å²) in [5.41, 5.74) is 6.74. The Balaban J connectivity index is 3.84. The molecule has 0 bridgehead atoms. The van der Waals surface area contributed by atoms with Gasteiger partial charge in [0, 0.05) is 0 Å². The van der Waals surface area contributed by atoms with E-state index in [1.54, 1.807) is 0 Å². The molecular formula is C14H31N. The highest BCUT2D eigenvalue weighted by Crippen LogP contribution is 2.28. The van der Waals surface area contributed by atoms with Gasteiger partial charge in [-0.05, 0) is 49.0 Å². The molecule has 1 nitrogen and oxygen atoms in total. The van der Waals surface area contributed by atoms with Crippen molar-refractivity contribution in [3.63, 3.8) is 0 Å². The van der Waals surface area contributed by atoms with Crippen molar-refractivity contribution >= 4 is 0 Å². The highest BCUT2D eigenvalue weighted by molar-refractivity contribution is 4.70. The molecule has 1 heteroatoms. The van der Waals surface area contributed by atoms with Gasteiger partial charge in [-0.1, -0.05) is 41.5 Å². The molecule has 0 aromatic rings. The Morgan fingerprint density at radius 2 is 1.13 bits per heavy atom. The van der Waals surface area contributed by atoms with Crippen molar-refractivity contribution in [2.24, 2.45) is 22.5 Å². The van der Waals surface area contributed by atoms with Crippen molar-refractivity contribution in [3.8, 4) is 0 Å². The van der Waals surface area contributed by atoms with Gasteiger partial charge < -0.3 is 5.73 Å². The van der Waals surface area contributed by atoms with Gasteiger partial charge in [-0.2, -0.15) is 0 Å². The van der Waals surface area contributed by atoms with Crippen LogP contribution < -0.4 is 5.73 Å². The summed E-state index contributed by atoms with van der Waals surface area (Å²) in [6, 6.07) is 0. The normalized spacial score (nSPS) is 13.6. The van der Waals surface area contributed by atoms with Crippen molar-refractivity contribution in [1.82, 2.24) is 0 Å². The van der Waals surface area contributed by atoms with Gasteiger partial charge >= 0.3 is 0 Å². The van der Waals surface area contributed by atoms with Crippen LogP contribution in [0.5, 0.6) is 0 Å². The van der Waals surface area contributed by atoms with Crippen LogP contribution >= 0.6 is 0 Å². The lowest BCUT2D eigenvalue weighted by molar-refractivity contribution is 0.279. The Bertz CT molecular complexity index is 141. The van der Waals surface area contributed by atoms with Gasteiger partial charge in [-0.15, -0.1) is 0 Å². The van der Waals surface area contributed by atoms with E-state index < -0.39 is 0 Å². The SMILES string of the molecule is CC(C)(C)CCC(CN)CCC(C)(C)C. The van der Waals surface area contributed by atoms with Gasteiger partial charge in [-0.3, -0.25) is 0 Å². The van der Waals surface area contributed by atoms with E-state index in [1.165, 1.54) is 25.7 Å². The fourth-order valence-corrected chi connectivity index (χ4v) is 1.65. The Kier molecular flexibility index (Phi) is 5.87. The van der Waals surface area contributed by atoms with Crippen LogP contribution in [0.15, 0.2) is 0 Å². The topological polar surface area (TPSA) is 26.0 Å². The van der Waals surface area contributed by atoms with Crippen LogP contribution in [-0.2, 0) is 0 Å². The van der Waals surface area contributed by atoms with E-state index in [2.05, 4.69) is 41.5 Å². The first-order valence-corrected chi connectivity index (χ1v) is 6.34. The highest BCUT2D eigenvalue weighted by Gasteiger charge is 2.17. The van der Waals surface area contributed by atoms with Crippen molar-refractivity contribution < 1.29 is 0 Å². The Hall–Kier alpha value is -0.0400. The van der Waals surface area contributed by atoms with E-state index in [9.17, 15) is 0 Å². The molecule has 0 amide bonds. The van der Waals surface area contributed by atoms with Crippen LogP contribution in [0.1, 0.15) is 67.2 Å². The predicted octanol–water partition coefficient (Wildman–Crippen LogP) is 4.21. The first-order valence-electron chi connectivity index (χ1n) is 6.34. The minimum Gasteiger partial charge on any atom is -0.330 e. The third kappa shape index (κ3) is 10.2. The summed E-state index contributed by atoms with van der Waals surface area (Å²) < 4.78 is 0. The smallest absolute Gasteiger partial charge is 0.00489 e. The molecule has 0 aromatic carbocycles. The van der Waals surface area contributed by atoms with Crippen LogP contribution in [0.3, 0.4) is 0 Å². The second-order valence-electron chi connectivity index (χ2n) is 7.30. The van der Waals surface area contributed by atoms with E-state index in [-0.39, 0.29) is 0 Å². The van der Waals surface area contributed by atoms with Gasteiger partial charge in [0.25, 0.3) is 0 Å². The third-order valence-corrected chi connectivity index (χ3v) is 2.94. The minimum absolute atomic E-state index is 0.454. The summed E-state index contributed by atoms with van der Waals surface area (Å²) in [6.45, 7) is 14.7. The zero-order valence-electron chi connectivity index (χ0n) is 11.7. The first-order chi connectivity index (χ1) is 6.64. The number of hydrogen-bond acceptors (Lipinski definition) is 1. The van der Waals surface area contributed by atoms with E-state index in [0.717, 1.165) is 12.5 Å². The quantitative estimate of drug-likeness (QED) is 0.727. The Labute approximate surface area is 96.8 Å². The lowest BCUT2D eigenvalue weighted by atomic mass is 9.82. The molecule has 0 aromatic heterocycles. The molecule has 0 fully saturated rings. The minimum atomic E-state index is 0.454.